The van der Waals surface area contributed by atoms with Crippen molar-refractivity contribution in [2.45, 2.75) is 13.5 Å². The monoisotopic (exact) mass is 203 g/mol. The van der Waals surface area contributed by atoms with Gasteiger partial charge in [-0.05, 0) is 32.6 Å². The molecule has 80 valence electrons. The van der Waals surface area contributed by atoms with Crippen LogP contribution in [-0.2, 0) is 6.54 Å². The zero-order valence-corrected chi connectivity index (χ0v) is 9.57. The molecular weight excluding hydrogens is 186 g/mol. The second kappa shape index (κ2) is 4.03. The van der Waals surface area contributed by atoms with Gasteiger partial charge >= 0.3 is 0 Å². The number of nitrogens with zero attached hydrogens (tertiary/aromatic N) is 3. The molecule has 0 N–H and O–H groups in total. The predicted octanol–water partition coefficient (Wildman–Crippen LogP) is 1.91. The molecule has 0 saturated heterocycles. The summed E-state index contributed by atoms with van der Waals surface area (Å²) in [6.07, 6.45) is 2.11. The summed E-state index contributed by atoms with van der Waals surface area (Å²) in [5.74, 6) is 0. The summed E-state index contributed by atoms with van der Waals surface area (Å²) < 4.78 is 2.02. The zero-order chi connectivity index (χ0) is 10.8. The van der Waals surface area contributed by atoms with Gasteiger partial charge in [-0.25, -0.2) is 0 Å². The van der Waals surface area contributed by atoms with Gasteiger partial charge in [0, 0.05) is 18.1 Å². The number of hydrogen-bond donors (Lipinski definition) is 0. The lowest BCUT2D eigenvalue weighted by Gasteiger charge is -2.08. The molecule has 0 atom stereocenters. The van der Waals surface area contributed by atoms with Gasteiger partial charge in [0.25, 0.3) is 0 Å². The normalized spacial score (nSPS) is 11.5. The molecule has 0 unspecified atom stereocenters. The molecule has 0 aliphatic rings. The van der Waals surface area contributed by atoms with E-state index < -0.39 is 0 Å². The van der Waals surface area contributed by atoms with E-state index in [1.807, 2.05) is 4.68 Å². The largest absolute Gasteiger partial charge is 0.308 e. The second-order valence-corrected chi connectivity index (χ2v) is 4.26. The van der Waals surface area contributed by atoms with E-state index in [1.54, 1.807) is 0 Å². The van der Waals surface area contributed by atoms with Crippen molar-refractivity contribution >= 4 is 10.9 Å². The number of aryl methyl sites for hydroxylation is 1. The molecule has 1 aromatic heterocycles. The minimum atomic E-state index is 0.945. The van der Waals surface area contributed by atoms with Crippen molar-refractivity contribution in [1.82, 2.24) is 14.7 Å². The molecule has 0 radical (unpaired) electrons. The molecule has 0 aliphatic carbocycles. The number of fused-ring (bicyclic) bond motifs is 1. The first-order valence-electron chi connectivity index (χ1n) is 5.24. The summed E-state index contributed by atoms with van der Waals surface area (Å²) in [7, 11) is 4.15. The van der Waals surface area contributed by atoms with E-state index in [0.29, 0.717) is 0 Å². The molecule has 3 heteroatoms. The van der Waals surface area contributed by atoms with Crippen molar-refractivity contribution in [1.29, 1.82) is 0 Å². The van der Waals surface area contributed by atoms with Crippen LogP contribution in [0.15, 0.2) is 24.4 Å². The molecule has 0 aliphatic heterocycles. The topological polar surface area (TPSA) is 21.1 Å². The lowest BCUT2D eigenvalue weighted by molar-refractivity contribution is 0.374. The van der Waals surface area contributed by atoms with Crippen LogP contribution in [0.25, 0.3) is 10.9 Å². The van der Waals surface area contributed by atoms with E-state index in [2.05, 4.69) is 55.4 Å². The Labute approximate surface area is 90.3 Å². The van der Waals surface area contributed by atoms with Crippen molar-refractivity contribution in [2.24, 2.45) is 0 Å². The van der Waals surface area contributed by atoms with Gasteiger partial charge in [-0.3, -0.25) is 4.68 Å². The van der Waals surface area contributed by atoms with E-state index in [4.69, 9.17) is 0 Å². The van der Waals surface area contributed by atoms with Crippen molar-refractivity contribution in [3.8, 4) is 0 Å². The fraction of sp³-hybridized carbons (Fsp3) is 0.417. The minimum absolute atomic E-state index is 0.945. The lowest BCUT2D eigenvalue weighted by Crippen LogP contribution is -2.18. The van der Waals surface area contributed by atoms with Crippen LogP contribution in [0.1, 0.15) is 5.56 Å². The van der Waals surface area contributed by atoms with Crippen LogP contribution in [0.4, 0.5) is 0 Å². The third kappa shape index (κ3) is 2.36. The first-order valence-corrected chi connectivity index (χ1v) is 5.24. The van der Waals surface area contributed by atoms with E-state index in [9.17, 15) is 0 Å². The second-order valence-electron chi connectivity index (χ2n) is 4.26. The van der Waals surface area contributed by atoms with Gasteiger partial charge in [-0.1, -0.05) is 12.1 Å². The van der Waals surface area contributed by atoms with E-state index in [0.717, 1.165) is 18.6 Å². The highest BCUT2D eigenvalue weighted by atomic mass is 15.3. The van der Waals surface area contributed by atoms with E-state index in [1.165, 1.54) is 10.9 Å². The fourth-order valence-corrected chi connectivity index (χ4v) is 1.59. The standard InChI is InChI=1S/C12H17N3/c1-10-4-5-11-9-15(7-6-14(2)3)13-12(11)8-10/h4-5,8-9H,6-7H2,1-3H3. The first-order chi connectivity index (χ1) is 7.15. The highest BCUT2D eigenvalue weighted by Crippen LogP contribution is 2.13. The van der Waals surface area contributed by atoms with Gasteiger partial charge in [-0.2, -0.15) is 5.10 Å². The van der Waals surface area contributed by atoms with Crippen molar-refractivity contribution in [3.05, 3.63) is 30.0 Å². The summed E-state index contributed by atoms with van der Waals surface area (Å²) in [5.41, 5.74) is 2.36. The van der Waals surface area contributed by atoms with Gasteiger partial charge in [0.1, 0.15) is 0 Å². The Hall–Kier alpha value is -1.35. The van der Waals surface area contributed by atoms with Gasteiger partial charge in [-0.15, -0.1) is 0 Å². The molecule has 2 aromatic rings. The summed E-state index contributed by atoms with van der Waals surface area (Å²) in [5, 5.41) is 5.76. The molecule has 0 spiro atoms. The first kappa shape index (κ1) is 10.2. The van der Waals surface area contributed by atoms with Gasteiger partial charge in [0.05, 0.1) is 12.1 Å². The number of benzene rings is 1. The molecule has 0 fully saturated rings. The number of rotatable bonds is 3. The Morgan fingerprint density at radius 2 is 2.13 bits per heavy atom. The summed E-state index contributed by atoms with van der Waals surface area (Å²) in [6, 6.07) is 6.38. The van der Waals surface area contributed by atoms with Crippen molar-refractivity contribution < 1.29 is 0 Å². The molecule has 3 nitrogen and oxygen atoms in total. The van der Waals surface area contributed by atoms with Crippen LogP contribution in [0.5, 0.6) is 0 Å². The molecule has 2 rings (SSSR count). The Morgan fingerprint density at radius 1 is 1.33 bits per heavy atom. The molecule has 0 saturated carbocycles. The number of aromatic nitrogens is 2. The molecular formula is C12H17N3. The summed E-state index contributed by atoms with van der Waals surface area (Å²) in [6.45, 7) is 4.06. The Bertz CT molecular complexity index is 457. The van der Waals surface area contributed by atoms with Crippen LogP contribution >= 0.6 is 0 Å². The average molecular weight is 203 g/mol. The highest BCUT2D eigenvalue weighted by molar-refractivity contribution is 5.78. The molecule has 1 aromatic carbocycles. The molecule has 15 heavy (non-hydrogen) atoms. The van der Waals surface area contributed by atoms with Crippen molar-refractivity contribution in [2.75, 3.05) is 20.6 Å². The van der Waals surface area contributed by atoms with Gasteiger partial charge in [0.15, 0.2) is 0 Å². The van der Waals surface area contributed by atoms with E-state index in [-0.39, 0.29) is 0 Å². The van der Waals surface area contributed by atoms with Gasteiger partial charge in [0.2, 0.25) is 0 Å². The SMILES string of the molecule is Cc1ccc2cn(CCN(C)C)nc2c1. The Morgan fingerprint density at radius 3 is 2.87 bits per heavy atom. The average Bonchev–Trinajstić information content (AvgIpc) is 2.56. The number of hydrogen-bond acceptors (Lipinski definition) is 2. The maximum Gasteiger partial charge on any atom is 0.0925 e. The van der Waals surface area contributed by atoms with Crippen LogP contribution in [0.3, 0.4) is 0 Å². The summed E-state index contributed by atoms with van der Waals surface area (Å²) in [4.78, 5) is 2.16. The van der Waals surface area contributed by atoms with Crippen molar-refractivity contribution in [3.63, 3.8) is 0 Å². The fourth-order valence-electron chi connectivity index (χ4n) is 1.59. The van der Waals surface area contributed by atoms with E-state index >= 15 is 0 Å². The molecule has 0 bridgehead atoms. The van der Waals surface area contributed by atoms with Crippen LogP contribution in [-0.4, -0.2) is 35.3 Å². The lowest BCUT2D eigenvalue weighted by atomic mass is 10.2. The molecule has 0 amide bonds. The Balaban J connectivity index is 2.23. The smallest absolute Gasteiger partial charge is 0.0925 e. The third-order valence-corrected chi connectivity index (χ3v) is 2.49. The Kier molecular flexibility index (Phi) is 2.73. The molecule has 1 heterocycles. The zero-order valence-electron chi connectivity index (χ0n) is 9.57. The highest BCUT2D eigenvalue weighted by Gasteiger charge is 2.00. The van der Waals surface area contributed by atoms with Crippen LogP contribution in [0, 0.1) is 6.92 Å². The maximum absolute atomic E-state index is 4.54. The number of likely N-dealkylation sites (N-methyl/N-ethyl adjacent to an activating group) is 1. The van der Waals surface area contributed by atoms with Crippen LogP contribution in [0.2, 0.25) is 0 Å². The van der Waals surface area contributed by atoms with Crippen LogP contribution < -0.4 is 0 Å². The predicted molar refractivity (Wildman–Crippen MR) is 63.0 cm³/mol. The minimum Gasteiger partial charge on any atom is -0.308 e. The van der Waals surface area contributed by atoms with Gasteiger partial charge < -0.3 is 4.90 Å². The quantitative estimate of drug-likeness (QED) is 0.759. The third-order valence-electron chi connectivity index (χ3n) is 2.49. The maximum atomic E-state index is 4.54. The summed E-state index contributed by atoms with van der Waals surface area (Å²) >= 11 is 0.